The average molecular weight is 292 g/mol. The molecule has 2 unspecified atom stereocenters. The summed E-state index contributed by atoms with van der Waals surface area (Å²) < 4.78 is 37.1. The Balaban J connectivity index is 1.81. The maximum absolute atomic E-state index is 12.4. The molecule has 2 nitrogen and oxygen atoms in total. The Kier molecular flexibility index (Phi) is 5.73. The first-order chi connectivity index (χ1) is 9.46. The van der Waals surface area contributed by atoms with Gasteiger partial charge in [0, 0.05) is 25.7 Å². The van der Waals surface area contributed by atoms with E-state index < -0.39 is 12.7 Å². The molecule has 0 amide bonds. The highest BCUT2D eigenvalue weighted by atomic mass is 19.4. The third-order valence-electron chi connectivity index (χ3n) is 4.38. The molecule has 0 radical (unpaired) electrons. The second-order valence-electron chi connectivity index (χ2n) is 6.60. The van der Waals surface area contributed by atoms with Gasteiger partial charge >= 0.3 is 6.18 Å². The standard InChI is InChI=1S/C15H27F3N2/c1-2-3-4-13-7-14(19-11-15(16,17)18)10-20(9-13)8-12-5-6-12/h12-14,19H,2-11H2,1H3. The molecule has 0 aromatic carbocycles. The van der Waals surface area contributed by atoms with Gasteiger partial charge in [0.15, 0.2) is 0 Å². The van der Waals surface area contributed by atoms with Gasteiger partial charge in [0.25, 0.3) is 0 Å². The van der Waals surface area contributed by atoms with Crippen molar-refractivity contribution in [3.63, 3.8) is 0 Å². The normalized spacial score (nSPS) is 28.8. The lowest BCUT2D eigenvalue weighted by Crippen LogP contribution is -2.51. The van der Waals surface area contributed by atoms with Crippen molar-refractivity contribution in [2.24, 2.45) is 11.8 Å². The maximum Gasteiger partial charge on any atom is 0.401 e. The zero-order valence-corrected chi connectivity index (χ0v) is 12.4. The maximum atomic E-state index is 12.4. The highest BCUT2D eigenvalue weighted by Crippen LogP contribution is 2.32. The number of alkyl halides is 3. The summed E-state index contributed by atoms with van der Waals surface area (Å²) in [5, 5.41) is 2.72. The van der Waals surface area contributed by atoms with Gasteiger partial charge in [-0.25, -0.2) is 0 Å². The van der Waals surface area contributed by atoms with E-state index in [9.17, 15) is 13.2 Å². The van der Waals surface area contributed by atoms with Crippen LogP contribution in [0.15, 0.2) is 0 Å². The number of unbranched alkanes of at least 4 members (excludes halogenated alkanes) is 1. The highest BCUT2D eigenvalue weighted by molar-refractivity contribution is 4.87. The smallest absolute Gasteiger partial charge is 0.305 e. The second kappa shape index (κ2) is 7.12. The van der Waals surface area contributed by atoms with Gasteiger partial charge in [-0.2, -0.15) is 13.2 Å². The van der Waals surface area contributed by atoms with Crippen LogP contribution in [0.4, 0.5) is 13.2 Å². The molecule has 1 heterocycles. The highest BCUT2D eigenvalue weighted by Gasteiger charge is 2.33. The Bertz CT molecular complexity index is 289. The number of likely N-dealkylation sites (tertiary alicyclic amines) is 1. The first-order valence-corrected chi connectivity index (χ1v) is 7.98. The van der Waals surface area contributed by atoms with Crippen LogP contribution in [0.5, 0.6) is 0 Å². The van der Waals surface area contributed by atoms with Crippen LogP contribution in [-0.4, -0.2) is 43.3 Å². The van der Waals surface area contributed by atoms with Gasteiger partial charge in [-0.3, -0.25) is 0 Å². The number of hydrogen-bond donors (Lipinski definition) is 1. The molecule has 1 N–H and O–H groups in total. The van der Waals surface area contributed by atoms with Crippen molar-refractivity contribution in [3.8, 4) is 0 Å². The summed E-state index contributed by atoms with van der Waals surface area (Å²) in [4.78, 5) is 2.40. The van der Waals surface area contributed by atoms with Gasteiger partial charge in [0.05, 0.1) is 6.54 Å². The van der Waals surface area contributed by atoms with Gasteiger partial charge in [-0.05, 0) is 37.5 Å². The van der Waals surface area contributed by atoms with Gasteiger partial charge in [-0.15, -0.1) is 0 Å². The van der Waals surface area contributed by atoms with Crippen molar-refractivity contribution >= 4 is 0 Å². The lowest BCUT2D eigenvalue weighted by atomic mass is 9.89. The SMILES string of the molecule is CCCCC1CC(NCC(F)(F)F)CN(CC2CC2)C1. The van der Waals surface area contributed by atoms with Crippen LogP contribution in [0.2, 0.25) is 0 Å². The van der Waals surface area contributed by atoms with Gasteiger partial charge in [0.1, 0.15) is 0 Å². The van der Waals surface area contributed by atoms with Crippen LogP contribution < -0.4 is 5.32 Å². The number of nitrogens with one attached hydrogen (secondary N) is 1. The molecule has 2 aliphatic rings. The monoisotopic (exact) mass is 292 g/mol. The van der Waals surface area contributed by atoms with Crippen LogP contribution in [0.1, 0.15) is 45.4 Å². The van der Waals surface area contributed by atoms with Crippen molar-refractivity contribution in [1.82, 2.24) is 10.2 Å². The Morgan fingerprint density at radius 3 is 2.50 bits per heavy atom. The number of hydrogen-bond acceptors (Lipinski definition) is 2. The van der Waals surface area contributed by atoms with Gasteiger partial charge < -0.3 is 10.2 Å². The molecular weight excluding hydrogens is 265 g/mol. The predicted molar refractivity (Wildman–Crippen MR) is 74.6 cm³/mol. The molecular formula is C15H27F3N2. The summed E-state index contributed by atoms with van der Waals surface area (Å²) in [5.41, 5.74) is 0. The number of rotatable bonds is 7. The Hall–Kier alpha value is -0.290. The summed E-state index contributed by atoms with van der Waals surface area (Å²) in [7, 11) is 0. The fourth-order valence-corrected chi connectivity index (χ4v) is 3.23. The summed E-state index contributed by atoms with van der Waals surface area (Å²) in [5.74, 6) is 1.37. The van der Waals surface area contributed by atoms with Crippen molar-refractivity contribution in [3.05, 3.63) is 0 Å². The van der Waals surface area contributed by atoms with E-state index in [4.69, 9.17) is 0 Å². The molecule has 0 aromatic rings. The van der Waals surface area contributed by atoms with E-state index in [2.05, 4.69) is 17.1 Å². The fourth-order valence-electron chi connectivity index (χ4n) is 3.23. The fraction of sp³-hybridized carbons (Fsp3) is 1.00. The molecule has 20 heavy (non-hydrogen) atoms. The summed E-state index contributed by atoms with van der Waals surface area (Å²) in [6.45, 7) is 4.28. The van der Waals surface area contributed by atoms with Gasteiger partial charge in [0.2, 0.25) is 0 Å². The molecule has 2 atom stereocenters. The van der Waals surface area contributed by atoms with E-state index in [0.717, 1.165) is 38.4 Å². The molecule has 1 saturated heterocycles. The molecule has 1 aliphatic carbocycles. The third-order valence-corrected chi connectivity index (χ3v) is 4.38. The molecule has 0 aromatic heterocycles. The second-order valence-corrected chi connectivity index (χ2v) is 6.60. The Morgan fingerprint density at radius 2 is 1.90 bits per heavy atom. The molecule has 0 bridgehead atoms. The van der Waals surface area contributed by atoms with E-state index in [1.54, 1.807) is 0 Å². The van der Waals surface area contributed by atoms with E-state index in [-0.39, 0.29) is 6.04 Å². The minimum Gasteiger partial charge on any atom is -0.305 e. The lowest BCUT2D eigenvalue weighted by Gasteiger charge is -2.38. The summed E-state index contributed by atoms with van der Waals surface area (Å²) in [6.07, 6.45) is 2.91. The van der Waals surface area contributed by atoms with Crippen molar-refractivity contribution in [1.29, 1.82) is 0 Å². The minimum absolute atomic E-state index is 0.00554. The molecule has 1 aliphatic heterocycles. The van der Waals surface area contributed by atoms with Crippen LogP contribution in [0.25, 0.3) is 0 Å². The summed E-state index contributed by atoms with van der Waals surface area (Å²) in [6, 6.07) is 0.00554. The van der Waals surface area contributed by atoms with Crippen LogP contribution in [0, 0.1) is 11.8 Å². The summed E-state index contributed by atoms with van der Waals surface area (Å²) >= 11 is 0. The molecule has 118 valence electrons. The molecule has 2 rings (SSSR count). The van der Waals surface area contributed by atoms with Crippen molar-refractivity contribution in [2.45, 2.75) is 57.7 Å². The molecule has 2 fully saturated rings. The van der Waals surface area contributed by atoms with Crippen LogP contribution >= 0.6 is 0 Å². The first-order valence-electron chi connectivity index (χ1n) is 7.98. The van der Waals surface area contributed by atoms with E-state index in [1.807, 2.05) is 0 Å². The van der Waals surface area contributed by atoms with E-state index in [1.165, 1.54) is 25.7 Å². The van der Waals surface area contributed by atoms with Crippen LogP contribution in [0.3, 0.4) is 0 Å². The zero-order valence-electron chi connectivity index (χ0n) is 12.4. The first kappa shape index (κ1) is 16.1. The minimum atomic E-state index is -4.10. The lowest BCUT2D eigenvalue weighted by molar-refractivity contribution is -0.127. The predicted octanol–water partition coefficient (Wildman–Crippen LogP) is 3.43. The van der Waals surface area contributed by atoms with Crippen molar-refractivity contribution in [2.75, 3.05) is 26.2 Å². The van der Waals surface area contributed by atoms with Crippen molar-refractivity contribution < 1.29 is 13.2 Å². The van der Waals surface area contributed by atoms with Crippen LogP contribution in [-0.2, 0) is 0 Å². The number of nitrogens with zero attached hydrogens (tertiary/aromatic N) is 1. The third kappa shape index (κ3) is 6.00. The Labute approximate surface area is 120 Å². The quantitative estimate of drug-likeness (QED) is 0.773. The molecule has 5 heteroatoms. The largest absolute Gasteiger partial charge is 0.401 e. The number of piperidine rings is 1. The average Bonchev–Trinajstić information content (AvgIpc) is 3.17. The zero-order chi connectivity index (χ0) is 14.6. The van der Waals surface area contributed by atoms with Gasteiger partial charge in [-0.1, -0.05) is 19.8 Å². The molecule has 1 saturated carbocycles. The van der Waals surface area contributed by atoms with E-state index in [0.29, 0.717) is 5.92 Å². The van der Waals surface area contributed by atoms with E-state index >= 15 is 0 Å². The molecule has 0 spiro atoms. The topological polar surface area (TPSA) is 15.3 Å². The Morgan fingerprint density at radius 1 is 1.15 bits per heavy atom. The number of halogens is 3.